The maximum absolute atomic E-state index is 12.2. The summed E-state index contributed by atoms with van der Waals surface area (Å²) in [6.45, 7) is 1.91. The van der Waals surface area contributed by atoms with E-state index in [1.54, 1.807) is 44.7 Å². The molecule has 1 aromatic carbocycles. The Labute approximate surface area is 142 Å². The van der Waals surface area contributed by atoms with Gasteiger partial charge in [0.15, 0.2) is 16.6 Å². The van der Waals surface area contributed by atoms with Crippen LogP contribution in [0, 0.1) is 6.92 Å². The Morgan fingerprint density at radius 3 is 2.75 bits per heavy atom. The number of ether oxygens (including phenoxy) is 2. The molecule has 0 saturated carbocycles. The fraction of sp³-hybridized carbons (Fsp3) is 0.188. The van der Waals surface area contributed by atoms with Crippen LogP contribution in [-0.4, -0.2) is 30.3 Å². The Morgan fingerprint density at radius 2 is 2.08 bits per heavy atom. The van der Waals surface area contributed by atoms with E-state index in [2.05, 4.69) is 15.5 Å². The highest BCUT2D eigenvalue weighted by molar-refractivity contribution is 7.15. The highest BCUT2D eigenvalue weighted by Crippen LogP contribution is 2.33. The van der Waals surface area contributed by atoms with Crippen LogP contribution in [0.25, 0.3) is 11.3 Å². The van der Waals surface area contributed by atoms with E-state index in [4.69, 9.17) is 14.0 Å². The molecule has 2 heterocycles. The topological polar surface area (TPSA) is 86.5 Å². The monoisotopic (exact) mass is 345 g/mol. The van der Waals surface area contributed by atoms with E-state index in [0.717, 1.165) is 4.88 Å². The molecule has 24 heavy (non-hydrogen) atoms. The second-order valence-corrected chi connectivity index (χ2v) is 6.11. The molecule has 1 amide bonds. The van der Waals surface area contributed by atoms with E-state index in [1.165, 1.54) is 11.3 Å². The summed E-state index contributed by atoms with van der Waals surface area (Å²) in [7, 11) is 3.13. The fourth-order valence-electron chi connectivity index (χ4n) is 2.09. The Bertz CT molecular complexity index is 872. The molecule has 0 radical (unpaired) electrons. The molecule has 0 spiro atoms. The first-order valence-electron chi connectivity index (χ1n) is 7.03. The zero-order chi connectivity index (χ0) is 17.1. The van der Waals surface area contributed by atoms with Gasteiger partial charge in [-0.2, -0.15) is 0 Å². The first kappa shape index (κ1) is 16.0. The second-order valence-electron chi connectivity index (χ2n) is 4.87. The average Bonchev–Trinajstić information content (AvgIpc) is 3.23. The molecule has 3 rings (SSSR count). The van der Waals surface area contributed by atoms with Crippen molar-refractivity contribution >= 4 is 22.4 Å². The number of rotatable bonds is 5. The molecule has 0 aliphatic rings. The zero-order valence-electron chi connectivity index (χ0n) is 13.3. The maximum Gasteiger partial charge on any atom is 0.279 e. The number of anilines is 1. The number of benzene rings is 1. The molecule has 0 unspecified atom stereocenters. The standard InChI is InChI=1S/C16H15N3O4S/c1-9-8-17-16(24-9)18-15(20)12-7-14(23-19-12)11-6-10(21-2)4-5-13(11)22-3/h4-8H,1-3H3,(H,17,18,20). The lowest BCUT2D eigenvalue weighted by molar-refractivity contribution is 0.101. The number of amides is 1. The summed E-state index contributed by atoms with van der Waals surface area (Å²) < 4.78 is 15.8. The molecule has 2 aromatic heterocycles. The van der Waals surface area contributed by atoms with Crippen LogP contribution in [0.1, 0.15) is 15.4 Å². The molecule has 3 aromatic rings. The van der Waals surface area contributed by atoms with Crippen LogP contribution in [0.4, 0.5) is 5.13 Å². The zero-order valence-corrected chi connectivity index (χ0v) is 14.1. The van der Waals surface area contributed by atoms with E-state index in [1.807, 2.05) is 6.92 Å². The van der Waals surface area contributed by atoms with Gasteiger partial charge in [-0.1, -0.05) is 5.16 Å². The third kappa shape index (κ3) is 3.23. The maximum atomic E-state index is 12.2. The molecule has 0 saturated heterocycles. The van der Waals surface area contributed by atoms with Gasteiger partial charge in [-0.05, 0) is 25.1 Å². The summed E-state index contributed by atoms with van der Waals surface area (Å²) in [6.07, 6.45) is 1.69. The van der Waals surface area contributed by atoms with Gasteiger partial charge in [0.25, 0.3) is 5.91 Å². The van der Waals surface area contributed by atoms with Crippen LogP contribution in [0.5, 0.6) is 11.5 Å². The number of methoxy groups -OCH3 is 2. The lowest BCUT2D eigenvalue weighted by atomic mass is 10.1. The van der Waals surface area contributed by atoms with Crippen LogP contribution in [0.15, 0.2) is 35.0 Å². The summed E-state index contributed by atoms with van der Waals surface area (Å²) in [5, 5.41) is 7.02. The van der Waals surface area contributed by atoms with E-state index < -0.39 is 0 Å². The van der Waals surface area contributed by atoms with E-state index >= 15 is 0 Å². The summed E-state index contributed by atoms with van der Waals surface area (Å²) in [5.41, 5.74) is 0.802. The number of nitrogens with one attached hydrogen (secondary N) is 1. The number of nitrogens with zero attached hydrogens (tertiary/aromatic N) is 2. The number of hydrogen-bond acceptors (Lipinski definition) is 7. The molecule has 7 nitrogen and oxygen atoms in total. The van der Waals surface area contributed by atoms with Gasteiger partial charge < -0.3 is 14.0 Å². The van der Waals surface area contributed by atoms with Crippen molar-refractivity contribution in [1.82, 2.24) is 10.1 Å². The van der Waals surface area contributed by atoms with Crippen molar-refractivity contribution in [3.8, 4) is 22.8 Å². The summed E-state index contributed by atoms with van der Waals surface area (Å²) in [4.78, 5) is 17.3. The van der Waals surface area contributed by atoms with Crippen molar-refractivity contribution in [2.45, 2.75) is 6.92 Å². The van der Waals surface area contributed by atoms with Crippen LogP contribution in [-0.2, 0) is 0 Å². The van der Waals surface area contributed by atoms with Gasteiger partial charge in [0.1, 0.15) is 11.5 Å². The van der Waals surface area contributed by atoms with Crippen LogP contribution in [0.2, 0.25) is 0 Å². The molecular weight excluding hydrogens is 330 g/mol. The normalized spacial score (nSPS) is 10.5. The Balaban J connectivity index is 1.86. The van der Waals surface area contributed by atoms with Crippen molar-refractivity contribution < 1.29 is 18.8 Å². The highest BCUT2D eigenvalue weighted by Gasteiger charge is 2.18. The van der Waals surface area contributed by atoms with Crippen molar-refractivity contribution in [3.05, 3.63) is 41.0 Å². The second kappa shape index (κ2) is 6.71. The van der Waals surface area contributed by atoms with E-state index in [9.17, 15) is 4.79 Å². The molecule has 0 atom stereocenters. The molecule has 0 bridgehead atoms. The Morgan fingerprint density at radius 1 is 1.25 bits per heavy atom. The largest absolute Gasteiger partial charge is 0.497 e. The molecule has 0 aliphatic heterocycles. The predicted molar refractivity (Wildman–Crippen MR) is 89.8 cm³/mol. The van der Waals surface area contributed by atoms with Crippen molar-refractivity contribution in [1.29, 1.82) is 0 Å². The minimum absolute atomic E-state index is 0.155. The summed E-state index contributed by atoms with van der Waals surface area (Å²) in [5.74, 6) is 1.26. The minimum Gasteiger partial charge on any atom is -0.497 e. The van der Waals surface area contributed by atoms with Gasteiger partial charge in [0.05, 0.1) is 19.8 Å². The third-order valence-corrected chi connectivity index (χ3v) is 4.08. The average molecular weight is 345 g/mol. The Hall–Kier alpha value is -2.87. The first-order valence-corrected chi connectivity index (χ1v) is 7.85. The number of aromatic nitrogens is 2. The summed E-state index contributed by atoms with van der Waals surface area (Å²) >= 11 is 1.39. The molecule has 8 heteroatoms. The lowest BCUT2D eigenvalue weighted by Gasteiger charge is -2.07. The third-order valence-electron chi connectivity index (χ3n) is 3.26. The fourth-order valence-corrected chi connectivity index (χ4v) is 2.75. The number of thiazole rings is 1. The van der Waals surface area contributed by atoms with Gasteiger partial charge in [-0.15, -0.1) is 11.3 Å². The molecule has 1 N–H and O–H groups in total. The lowest BCUT2D eigenvalue weighted by Crippen LogP contribution is -2.11. The number of hydrogen-bond donors (Lipinski definition) is 1. The number of aryl methyl sites for hydroxylation is 1. The SMILES string of the molecule is COc1ccc(OC)c(-c2cc(C(=O)Nc3ncc(C)s3)no2)c1. The van der Waals surface area contributed by atoms with Gasteiger partial charge in [0, 0.05) is 17.1 Å². The summed E-state index contributed by atoms with van der Waals surface area (Å²) in [6, 6.07) is 6.84. The minimum atomic E-state index is -0.388. The highest BCUT2D eigenvalue weighted by atomic mass is 32.1. The van der Waals surface area contributed by atoms with Crippen LogP contribution in [0.3, 0.4) is 0 Å². The van der Waals surface area contributed by atoms with Crippen molar-refractivity contribution in [3.63, 3.8) is 0 Å². The number of carbonyl (C=O) groups is 1. The Kier molecular flexibility index (Phi) is 4.48. The molecule has 0 fully saturated rings. The smallest absolute Gasteiger partial charge is 0.279 e. The van der Waals surface area contributed by atoms with Gasteiger partial charge in [0.2, 0.25) is 0 Å². The van der Waals surface area contributed by atoms with E-state index in [0.29, 0.717) is 28.0 Å². The quantitative estimate of drug-likeness (QED) is 0.763. The van der Waals surface area contributed by atoms with Crippen molar-refractivity contribution in [2.24, 2.45) is 0 Å². The molecular formula is C16H15N3O4S. The van der Waals surface area contributed by atoms with Crippen molar-refractivity contribution in [2.75, 3.05) is 19.5 Å². The van der Waals surface area contributed by atoms with Gasteiger partial charge in [-0.3, -0.25) is 10.1 Å². The molecule has 0 aliphatic carbocycles. The first-order chi connectivity index (χ1) is 11.6. The predicted octanol–water partition coefficient (Wildman–Crippen LogP) is 3.38. The van der Waals surface area contributed by atoms with Crippen LogP contribution >= 0.6 is 11.3 Å². The van der Waals surface area contributed by atoms with E-state index in [-0.39, 0.29) is 11.6 Å². The number of carbonyl (C=O) groups excluding carboxylic acids is 1. The molecule has 124 valence electrons. The van der Waals surface area contributed by atoms with Gasteiger partial charge >= 0.3 is 0 Å². The van der Waals surface area contributed by atoms with Crippen LogP contribution < -0.4 is 14.8 Å². The van der Waals surface area contributed by atoms with Gasteiger partial charge in [-0.25, -0.2) is 4.98 Å².